The van der Waals surface area contributed by atoms with Crippen molar-refractivity contribution < 1.29 is 14.7 Å². The van der Waals surface area contributed by atoms with Crippen LogP contribution in [0.5, 0.6) is 0 Å². The molecule has 0 aliphatic carbocycles. The number of rotatable bonds is 6. The van der Waals surface area contributed by atoms with Crippen LogP contribution in [0, 0.1) is 0 Å². The van der Waals surface area contributed by atoms with Gasteiger partial charge in [0.1, 0.15) is 6.61 Å². The number of aromatic nitrogens is 1. The molecule has 2 rings (SSSR count). The van der Waals surface area contributed by atoms with Gasteiger partial charge in [0.25, 0.3) is 0 Å². The number of hydrogen-bond acceptors (Lipinski definition) is 4. The summed E-state index contributed by atoms with van der Waals surface area (Å²) in [6.07, 6.45) is 2.18. The monoisotopic (exact) mass is 298 g/mol. The Morgan fingerprint density at radius 1 is 1.14 bits per heavy atom. The maximum absolute atomic E-state index is 11.5. The van der Waals surface area contributed by atoms with Crippen LogP contribution in [0.2, 0.25) is 0 Å². The van der Waals surface area contributed by atoms with E-state index in [1.165, 1.54) is 6.92 Å². The fourth-order valence-electron chi connectivity index (χ4n) is 2.05. The minimum Gasteiger partial charge on any atom is -0.388 e. The minimum atomic E-state index is -0.499. The predicted octanol–water partition coefficient (Wildman–Crippen LogP) is 1.48. The summed E-state index contributed by atoms with van der Waals surface area (Å²) in [5.74, 6) is -0.368. The van der Waals surface area contributed by atoms with Gasteiger partial charge in [-0.25, -0.2) is 0 Å². The molecule has 22 heavy (non-hydrogen) atoms. The summed E-state index contributed by atoms with van der Waals surface area (Å²) in [6.45, 7) is 1.50. The van der Waals surface area contributed by atoms with Gasteiger partial charge in [-0.1, -0.05) is 24.3 Å². The number of aliphatic hydroxyl groups excluding tert-OH is 1. The molecule has 2 N–H and O–H groups in total. The van der Waals surface area contributed by atoms with Gasteiger partial charge in [0.05, 0.1) is 0 Å². The van der Waals surface area contributed by atoms with Crippen molar-refractivity contribution in [2.45, 2.75) is 19.9 Å². The molecule has 0 aliphatic heterocycles. The van der Waals surface area contributed by atoms with E-state index in [0.717, 1.165) is 16.8 Å². The molecule has 5 heteroatoms. The highest BCUT2D eigenvalue weighted by molar-refractivity contribution is 5.96. The maximum atomic E-state index is 11.5. The first-order chi connectivity index (χ1) is 10.6. The normalized spacial score (nSPS) is 10.3. The van der Waals surface area contributed by atoms with E-state index in [1.54, 1.807) is 18.3 Å². The number of ketones is 1. The zero-order chi connectivity index (χ0) is 15.9. The Hall–Kier alpha value is -2.53. The van der Waals surface area contributed by atoms with Crippen molar-refractivity contribution in [3.05, 3.63) is 65.0 Å². The van der Waals surface area contributed by atoms with E-state index in [4.69, 9.17) is 5.11 Å². The Bertz CT molecular complexity index is 666. The second-order valence-corrected chi connectivity index (χ2v) is 5.02. The van der Waals surface area contributed by atoms with Crippen LogP contribution in [0.15, 0.2) is 42.6 Å². The van der Waals surface area contributed by atoms with Crippen molar-refractivity contribution in [3.8, 4) is 0 Å². The van der Waals surface area contributed by atoms with Gasteiger partial charge in [0.2, 0.25) is 5.91 Å². The molecule has 0 unspecified atom stereocenters. The van der Waals surface area contributed by atoms with E-state index in [9.17, 15) is 9.59 Å². The molecule has 5 nitrogen and oxygen atoms in total. The summed E-state index contributed by atoms with van der Waals surface area (Å²) < 4.78 is 0. The minimum absolute atomic E-state index is 0.0568. The third kappa shape index (κ3) is 4.49. The topological polar surface area (TPSA) is 79.3 Å². The van der Waals surface area contributed by atoms with Crippen LogP contribution in [-0.4, -0.2) is 28.4 Å². The highest BCUT2D eigenvalue weighted by atomic mass is 16.3. The zero-order valence-electron chi connectivity index (χ0n) is 12.4. The van der Waals surface area contributed by atoms with Crippen molar-refractivity contribution in [3.63, 3.8) is 0 Å². The first kappa shape index (κ1) is 15.9. The van der Waals surface area contributed by atoms with E-state index in [-0.39, 0.29) is 11.7 Å². The van der Waals surface area contributed by atoms with E-state index in [0.29, 0.717) is 18.5 Å². The Labute approximate surface area is 129 Å². The molecule has 0 aliphatic rings. The molecular formula is C17H18N2O3. The van der Waals surface area contributed by atoms with Gasteiger partial charge in [-0.15, -0.1) is 0 Å². The average Bonchev–Trinajstić information content (AvgIpc) is 2.53. The van der Waals surface area contributed by atoms with Crippen LogP contribution >= 0.6 is 0 Å². The van der Waals surface area contributed by atoms with Crippen LogP contribution in [0.3, 0.4) is 0 Å². The highest BCUT2D eigenvalue weighted by Crippen LogP contribution is 2.11. The molecule has 0 radical (unpaired) electrons. The summed E-state index contributed by atoms with van der Waals surface area (Å²) in [6, 6.07) is 11.1. The van der Waals surface area contributed by atoms with Crippen LogP contribution in [0.1, 0.15) is 34.1 Å². The Morgan fingerprint density at radius 2 is 1.82 bits per heavy atom. The Balaban J connectivity index is 2.04. The van der Waals surface area contributed by atoms with Gasteiger partial charge in [-0.05, 0) is 23.3 Å². The van der Waals surface area contributed by atoms with E-state index in [1.807, 2.05) is 24.3 Å². The van der Waals surface area contributed by atoms with Crippen LogP contribution in [-0.2, 0) is 17.8 Å². The molecule has 1 aromatic heterocycles. The standard InChI is InChI=1S/C17H18N2O3/c1-12(21)19-10-14-4-2-13(3-5-14)8-16-9-15(6-7-18-16)17(22)11-20/h2-7,9,20H,8,10-11H2,1H3,(H,19,21). The first-order valence-electron chi connectivity index (χ1n) is 6.99. The van der Waals surface area contributed by atoms with E-state index < -0.39 is 6.61 Å². The predicted molar refractivity (Wildman–Crippen MR) is 82.4 cm³/mol. The number of benzene rings is 1. The highest BCUT2D eigenvalue weighted by Gasteiger charge is 2.06. The molecule has 1 aromatic carbocycles. The van der Waals surface area contributed by atoms with Crippen molar-refractivity contribution in [1.82, 2.24) is 10.3 Å². The number of carbonyl (C=O) groups is 2. The summed E-state index contributed by atoms with van der Waals surface area (Å²) in [5, 5.41) is 11.6. The number of hydrogen-bond donors (Lipinski definition) is 2. The molecule has 1 heterocycles. The van der Waals surface area contributed by atoms with Crippen LogP contribution in [0.25, 0.3) is 0 Å². The molecule has 0 atom stereocenters. The molecule has 1 amide bonds. The molecule has 0 spiro atoms. The smallest absolute Gasteiger partial charge is 0.217 e. The van der Waals surface area contributed by atoms with Crippen molar-refractivity contribution in [1.29, 1.82) is 0 Å². The maximum Gasteiger partial charge on any atom is 0.217 e. The van der Waals surface area contributed by atoms with Gasteiger partial charge in [0, 0.05) is 37.3 Å². The Kier molecular flexibility index (Phi) is 5.38. The number of nitrogens with zero attached hydrogens (tertiary/aromatic N) is 1. The number of pyridine rings is 1. The molecule has 0 saturated heterocycles. The molecule has 0 fully saturated rings. The third-order valence-corrected chi connectivity index (χ3v) is 3.23. The SMILES string of the molecule is CC(=O)NCc1ccc(Cc2cc(C(=O)CO)ccn2)cc1. The lowest BCUT2D eigenvalue weighted by atomic mass is 10.0. The lowest BCUT2D eigenvalue weighted by Crippen LogP contribution is -2.18. The molecule has 0 bridgehead atoms. The van der Waals surface area contributed by atoms with Gasteiger partial charge in [-0.2, -0.15) is 0 Å². The zero-order valence-corrected chi connectivity index (χ0v) is 12.4. The third-order valence-electron chi connectivity index (χ3n) is 3.23. The van der Waals surface area contributed by atoms with E-state index >= 15 is 0 Å². The quantitative estimate of drug-likeness (QED) is 0.792. The molecular weight excluding hydrogens is 280 g/mol. The molecule has 114 valence electrons. The number of nitrogens with one attached hydrogen (secondary N) is 1. The summed E-state index contributed by atoms with van der Waals surface area (Å²) in [7, 11) is 0. The van der Waals surface area contributed by atoms with Crippen molar-refractivity contribution in [2.24, 2.45) is 0 Å². The van der Waals surface area contributed by atoms with Crippen molar-refractivity contribution in [2.75, 3.05) is 6.61 Å². The first-order valence-corrected chi connectivity index (χ1v) is 6.99. The summed E-state index contributed by atoms with van der Waals surface area (Å²) >= 11 is 0. The fourth-order valence-corrected chi connectivity index (χ4v) is 2.05. The van der Waals surface area contributed by atoms with Gasteiger partial charge >= 0.3 is 0 Å². The van der Waals surface area contributed by atoms with Crippen LogP contribution in [0.4, 0.5) is 0 Å². The van der Waals surface area contributed by atoms with Crippen LogP contribution < -0.4 is 5.32 Å². The van der Waals surface area contributed by atoms with Gasteiger partial charge in [-0.3, -0.25) is 14.6 Å². The number of aliphatic hydroxyl groups is 1. The van der Waals surface area contributed by atoms with Crippen molar-refractivity contribution >= 4 is 11.7 Å². The van der Waals surface area contributed by atoms with Gasteiger partial charge < -0.3 is 10.4 Å². The van der Waals surface area contributed by atoms with Gasteiger partial charge in [0.15, 0.2) is 5.78 Å². The number of carbonyl (C=O) groups excluding carboxylic acids is 2. The largest absolute Gasteiger partial charge is 0.388 e. The Morgan fingerprint density at radius 3 is 2.45 bits per heavy atom. The summed E-state index contributed by atoms with van der Waals surface area (Å²) in [4.78, 5) is 26.6. The van der Waals surface area contributed by atoms with E-state index in [2.05, 4.69) is 10.3 Å². The number of Topliss-reactive ketones (excluding diaryl/α,β-unsaturated/α-hetero) is 1. The summed E-state index contributed by atoms with van der Waals surface area (Å²) in [5.41, 5.74) is 3.33. The lowest BCUT2D eigenvalue weighted by molar-refractivity contribution is -0.119. The second-order valence-electron chi connectivity index (χ2n) is 5.02. The lowest BCUT2D eigenvalue weighted by Gasteiger charge is -2.06. The second kappa shape index (κ2) is 7.47. The fraction of sp³-hybridized carbons (Fsp3) is 0.235. The average molecular weight is 298 g/mol. The molecule has 0 saturated carbocycles. The molecule has 2 aromatic rings. The number of amides is 1.